The van der Waals surface area contributed by atoms with Crippen LogP contribution in [0, 0.1) is 29.4 Å². The zero-order chi connectivity index (χ0) is 20.4. The van der Waals surface area contributed by atoms with Gasteiger partial charge in [-0.15, -0.1) is 0 Å². The van der Waals surface area contributed by atoms with Gasteiger partial charge in [-0.05, 0) is 57.5 Å². The Kier molecular flexibility index (Phi) is 3.82. The van der Waals surface area contributed by atoms with Gasteiger partial charge in [-0.3, -0.25) is 15.7 Å². The van der Waals surface area contributed by atoms with E-state index in [4.69, 9.17) is 10.8 Å². The number of fused-ring (bicyclic) bond motifs is 2. The van der Waals surface area contributed by atoms with Gasteiger partial charge in [-0.2, -0.15) is 0 Å². The molecule has 0 fully saturated rings. The van der Waals surface area contributed by atoms with Crippen LogP contribution in [0.25, 0.3) is 22.0 Å². The van der Waals surface area contributed by atoms with Gasteiger partial charge in [-0.25, -0.2) is 8.78 Å². The molecule has 0 aliphatic carbocycles. The molecule has 0 saturated carbocycles. The number of aromatic nitrogens is 1. The summed E-state index contributed by atoms with van der Waals surface area (Å²) in [6.45, 7) is 6.95. The van der Waals surface area contributed by atoms with Gasteiger partial charge < -0.3 is 10.3 Å². The summed E-state index contributed by atoms with van der Waals surface area (Å²) in [5.41, 5.74) is 2.13. The summed E-state index contributed by atoms with van der Waals surface area (Å²) in [6, 6.07) is 5.81. The van der Waals surface area contributed by atoms with Crippen LogP contribution < -0.4 is 10.2 Å². The number of nitrogens with zero attached hydrogens (tertiary/aromatic N) is 1. The zero-order valence-corrected chi connectivity index (χ0v) is 16.1. The molecule has 4 N–H and O–H groups in total. The third-order valence-electron chi connectivity index (χ3n) is 5.21. The second-order valence-electron chi connectivity index (χ2n) is 7.67. The molecule has 4 rings (SSSR count). The molecule has 1 aromatic heterocycles. The van der Waals surface area contributed by atoms with Gasteiger partial charge in [0.2, 0.25) is 0 Å². The number of hydrogen-bond acceptors (Lipinski definition) is 3. The minimum atomic E-state index is -0.763. The Morgan fingerprint density at radius 3 is 2.57 bits per heavy atom. The average Bonchev–Trinajstić information content (AvgIpc) is 3.04. The maximum absolute atomic E-state index is 15.3. The fourth-order valence-corrected chi connectivity index (χ4v) is 3.94. The van der Waals surface area contributed by atoms with E-state index in [1.165, 1.54) is 23.1 Å². The number of hydrogen-bond donors (Lipinski definition) is 4. The van der Waals surface area contributed by atoms with E-state index in [2.05, 4.69) is 10.3 Å². The van der Waals surface area contributed by atoms with Crippen LogP contribution >= 0.6 is 0 Å². The predicted octanol–water partition coefficient (Wildman–Crippen LogP) is 5.41. The lowest BCUT2D eigenvalue weighted by Gasteiger charge is -2.43. The second-order valence-corrected chi connectivity index (χ2v) is 7.67. The fraction of sp³-hybridized carbons (Fsp3) is 0.238. The number of aromatic amines is 1. The predicted molar refractivity (Wildman–Crippen MR) is 110 cm³/mol. The van der Waals surface area contributed by atoms with Crippen molar-refractivity contribution in [2.75, 3.05) is 10.2 Å². The van der Waals surface area contributed by atoms with Gasteiger partial charge in [0.05, 0.1) is 22.4 Å². The highest BCUT2D eigenvalue weighted by Crippen LogP contribution is 2.45. The Bertz CT molecular complexity index is 1160. The monoisotopic (exact) mass is 381 g/mol. The zero-order valence-electron chi connectivity index (χ0n) is 16.1. The summed E-state index contributed by atoms with van der Waals surface area (Å²) in [5, 5.41) is 20.6. The maximum atomic E-state index is 15.3. The Morgan fingerprint density at radius 1 is 1.18 bits per heavy atom. The molecular formula is C21H21F2N5. The quantitative estimate of drug-likeness (QED) is 0.336. The summed E-state index contributed by atoms with van der Waals surface area (Å²) < 4.78 is 29.5. The lowest BCUT2D eigenvalue weighted by atomic mass is 9.90. The Labute approximate surface area is 161 Å². The van der Waals surface area contributed by atoms with Crippen LogP contribution in [0.2, 0.25) is 0 Å². The van der Waals surface area contributed by atoms with Crippen molar-refractivity contribution in [1.29, 1.82) is 10.8 Å². The molecule has 0 atom stereocenters. The first kappa shape index (κ1) is 18.2. The van der Waals surface area contributed by atoms with Crippen LogP contribution in [0.15, 0.2) is 30.5 Å². The maximum Gasteiger partial charge on any atom is 0.133 e. The van der Waals surface area contributed by atoms with E-state index in [1.807, 2.05) is 13.8 Å². The molecule has 0 saturated heterocycles. The topological polar surface area (TPSA) is 78.8 Å². The van der Waals surface area contributed by atoms with E-state index in [9.17, 15) is 4.39 Å². The Balaban J connectivity index is 2.06. The number of nitrogens with one attached hydrogen (secondary N) is 4. The molecule has 144 valence electrons. The molecule has 1 aliphatic heterocycles. The lowest BCUT2D eigenvalue weighted by molar-refractivity contribution is 0.625. The van der Waals surface area contributed by atoms with Gasteiger partial charge in [0.25, 0.3) is 0 Å². The smallest absolute Gasteiger partial charge is 0.133 e. The van der Waals surface area contributed by atoms with Crippen molar-refractivity contribution in [1.82, 2.24) is 4.98 Å². The van der Waals surface area contributed by atoms with Crippen molar-refractivity contribution in [3.8, 4) is 11.1 Å². The highest BCUT2D eigenvalue weighted by Gasteiger charge is 2.38. The minimum Gasteiger partial charge on any atom is -0.371 e. The summed E-state index contributed by atoms with van der Waals surface area (Å²) in [7, 11) is 0. The van der Waals surface area contributed by atoms with Gasteiger partial charge in [0, 0.05) is 22.7 Å². The van der Waals surface area contributed by atoms with E-state index in [0.29, 0.717) is 33.4 Å². The highest BCUT2D eigenvalue weighted by atomic mass is 19.1. The van der Waals surface area contributed by atoms with Crippen LogP contribution in [0.1, 0.15) is 26.3 Å². The number of benzene rings is 2. The van der Waals surface area contributed by atoms with Gasteiger partial charge in [0.15, 0.2) is 0 Å². The third-order valence-corrected chi connectivity index (χ3v) is 5.21. The van der Waals surface area contributed by atoms with Gasteiger partial charge in [0.1, 0.15) is 23.3 Å². The summed E-state index contributed by atoms with van der Waals surface area (Å²) >= 11 is 0. The summed E-state index contributed by atoms with van der Waals surface area (Å²) in [5.74, 6) is -0.592. The van der Waals surface area contributed by atoms with E-state index in [1.54, 1.807) is 26.1 Å². The SMILES string of the molecule is CC(=N)N1C(=N)C(C)(C)Nc2cc(F)c(-c3cc(F)cc4cc[nH]c34)c(C)c21. The van der Waals surface area contributed by atoms with Crippen molar-refractivity contribution in [3.05, 3.63) is 47.7 Å². The fourth-order valence-electron chi connectivity index (χ4n) is 3.94. The molecule has 5 nitrogen and oxygen atoms in total. The molecule has 7 heteroatoms. The molecular weight excluding hydrogens is 360 g/mol. The highest BCUT2D eigenvalue weighted by molar-refractivity contribution is 6.24. The molecule has 2 heterocycles. The van der Waals surface area contributed by atoms with E-state index in [-0.39, 0.29) is 17.2 Å². The summed E-state index contributed by atoms with van der Waals surface area (Å²) in [4.78, 5) is 4.57. The van der Waals surface area contributed by atoms with Gasteiger partial charge in [-0.1, -0.05) is 0 Å². The molecule has 0 radical (unpaired) electrons. The number of anilines is 2. The van der Waals surface area contributed by atoms with Crippen LogP contribution in [0.5, 0.6) is 0 Å². The molecule has 0 bridgehead atoms. The van der Waals surface area contributed by atoms with Crippen molar-refractivity contribution < 1.29 is 8.78 Å². The van der Waals surface area contributed by atoms with E-state index < -0.39 is 17.2 Å². The summed E-state index contributed by atoms with van der Waals surface area (Å²) in [6.07, 6.45) is 1.69. The molecule has 3 aromatic rings. The van der Waals surface area contributed by atoms with Crippen LogP contribution in [0.3, 0.4) is 0 Å². The number of halogens is 2. The normalized spacial score (nSPS) is 15.5. The second kappa shape index (κ2) is 5.89. The van der Waals surface area contributed by atoms with Crippen molar-refractivity contribution in [2.24, 2.45) is 0 Å². The van der Waals surface area contributed by atoms with Crippen LogP contribution in [0.4, 0.5) is 20.2 Å². The van der Waals surface area contributed by atoms with Crippen molar-refractivity contribution in [2.45, 2.75) is 33.2 Å². The first-order valence-electron chi connectivity index (χ1n) is 8.94. The molecule has 0 amide bonds. The van der Waals surface area contributed by atoms with Crippen LogP contribution in [-0.4, -0.2) is 22.2 Å². The molecule has 0 unspecified atom stereocenters. The van der Waals surface area contributed by atoms with Crippen molar-refractivity contribution >= 4 is 33.9 Å². The van der Waals surface area contributed by atoms with Gasteiger partial charge >= 0.3 is 0 Å². The van der Waals surface area contributed by atoms with E-state index >= 15 is 4.39 Å². The van der Waals surface area contributed by atoms with Crippen molar-refractivity contribution in [3.63, 3.8) is 0 Å². The Hall–Kier alpha value is -3.22. The average molecular weight is 381 g/mol. The lowest BCUT2D eigenvalue weighted by Crippen LogP contribution is -2.55. The first-order valence-corrected chi connectivity index (χ1v) is 8.94. The standard InChI is InChI=1S/C21H21F2N5/c1-10-17(14-8-13(22)7-12-5-6-26-18(12)14)15(23)9-16-19(10)28(11(2)24)20(25)21(3,4)27-16/h5-9,24-27H,1-4H3. The molecule has 0 spiro atoms. The number of rotatable bonds is 1. The first-order chi connectivity index (χ1) is 13.1. The third kappa shape index (κ3) is 2.50. The number of amidine groups is 2. The van der Waals surface area contributed by atoms with E-state index in [0.717, 1.165) is 0 Å². The molecule has 1 aliphatic rings. The molecule has 28 heavy (non-hydrogen) atoms. The number of H-pyrrole nitrogens is 1. The Morgan fingerprint density at radius 2 is 1.89 bits per heavy atom. The minimum absolute atomic E-state index is 0.158. The largest absolute Gasteiger partial charge is 0.371 e. The van der Waals surface area contributed by atoms with Crippen LogP contribution in [-0.2, 0) is 0 Å². The molecule has 2 aromatic carbocycles.